The number of carbonyl (C=O) groups is 2. The van der Waals surface area contributed by atoms with E-state index >= 15 is 0 Å². The fraction of sp³-hybridized carbons (Fsp3) is 0.478. The van der Waals surface area contributed by atoms with Crippen LogP contribution in [0.1, 0.15) is 60.8 Å². The second kappa shape index (κ2) is 9.92. The Bertz CT molecular complexity index is 846. The number of anilines is 1. The second-order valence-corrected chi connectivity index (χ2v) is 8.37. The summed E-state index contributed by atoms with van der Waals surface area (Å²) < 4.78 is 11.2. The molecule has 0 spiro atoms. The van der Waals surface area contributed by atoms with E-state index in [0.717, 1.165) is 31.2 Å². The van der Waals surface area contributed by atoms with Gasteiger partial charge >= 0.3 is 5.97 Å². The van der Waals surface area contributed by atoms with Crippen LogP contribution in [0.5, 0.6) is 5.75 Å². The van der Waals surface area contributed by atoms with Gasteiger partial charge in [-0.05, 0) is 56.2 Å². The highest BCUT2D eigenvalue weighted by atomic mass is 32.1. The molecule has 156 valence electrons. The highest BCUT2D eigenvalue weighted by Gasteiger charge is 2.31. The maximum absolute atomic E-state index is 12.9. The van der Waals surface area contributed by atoms with Crippen LogP contribution in [0.3, 0.4) is 0 Å². The molecule has 1 aromatic heterocycles. The van der Waals surface area contributed by atoms with Crippen LogP contribution in [-0.4, -0.2) is 24.6 Å². The van der Waals surface area contributed by atoms with Crippen LogP contribution in [-0.2, 0) is 22.4 Å². The average molecular weight is 416 g/mol. The van der Waals surface area contributed by atoms with E-state index in [1.807, 2.05) is 37.3 Å². The van der Waals surface area contributed by atoms with Gasteiger partial charge in [-0.25, -0.2) is 4.79 Å². The van der Waals surface area contributed by atoms with Crippen molar-refractivity contribution in [1.29, 1.82) is 0 Å². The molecule has 1 aromatic carbocycles. The second-order valence-electron chi connectivity index (χ2n) is 7.26. The Morgan fingerprint density at radius 1 is 1.21 bits per heavy atom. The molecular formula is C23H29NO4S. The lowest BCUT2D eigenvalue weighted by Crippen LogP contribution is -2.32. The quantitative estimate of drug-likeness (QED) is 0.599. The molecule has 3 rings (SSSR count). The topological polar surface area (TPSA) is 64.6 Å². The molecule has 1 amide bonds. The Balaban J connectivity index is 1.84. The zero-order valence-electron chi connectivity index (χ0n) is 17.3. The van der Waals surface area contributed by atoms with E-state index in [1.54, 1.807) is 6.92 Å². The fourth-order valence-electron chi connectivity index (χ4n) is 3.69. The van der Waals surface area contributed by atoms with Gasteiger partial charge in [-0.2, -0.15) is 0 Å². The molecule has 29 heavy (non-hydrogen) atoms. The summed E-state index contributed by atoms with van der Waals surface area (Å²) in [6.07, 6.45) is 3.89. The molecule has 2 aromatic rings. The third-order valence-corrected chi connectivity index (χ3v) is 6.52. The summed E-state index contributed by atoms with van der Waals surface area (Å²) in [4.78, 5) is 26.8. The van der Waals surface area contributed by atoms with Crippen molar-refractivity contribution in [2.24, 2.45) is 5.92 Å². The number of amides is 1. The van der Waals surface area contributed by atoms with E-state index in [9.17, 15) is 9.59 Å². The van der Waals surface area contributed by atoms with E-state index in [0.29, 0.717) is 35.3 Å². The van der Waals surface area contributed by atoms with E-state index in [1.165, 1.54) is 16.2 Å². The Morgan fingerprint density at radius 3 is 2.62 bits per heavy atom. The normalized spacial score (nSPS) is 16.6. The SMILES string of the molecule is CCOC(=O)c1c(NC(=O)C(CC)Oc2ccccc2)sc2c1CCC(CC)C2. The van der Waals surface area contributed by atoms with Crippen molar-refractivity contribution in [1.82, 2.24) is 0 Å². The number of hydrogen-bond acceptors (Lipinski definition) is 5. The molecule has 2 atom stereocenters. The molecule has 1 heterocycles. The molecule has 1 aliphatic rings. The molecule has 6 heteroatoms. The third-order valence-electron chi connectivity index (χ3n) is 5.35. The van der Waals surface area contributed by atoms with E-state index in [4.69, 9.17) is 9.47 Å². The van der Waals surface area contributed by atoms with Gasteiger partial charge in [-0.1, -0.05) is 38.5 Å². The Hall–Kier alpha value is -2.34. The molecule has 1 aliphatic carbocycles. The molecule has 0 bridgehead atoms. The predicted molar refractivity (Wildman–Crippen MR) is 116 cm³/mol. The summed E-state index contributed by atoms with van der Waals surface area (Å²) in [5.41, 5.74) is 1.58. The monoisotopic (exact) mass is 415 g/mol. The number of hydrogen-bond donors (Lipinski definition) is 1. The van der Waals surface area contributed by atoms with E-state index in [-0.39, 0.29) is 11.9 Å². The minimum atomic E-state index is -0.630. The lowest BCUT2D eigenvalue weighted by Gasteiger charge is -2.21. The predicted octanol–water partition coefficient (Wildman–Crippen LogP) is 5.24. The number of esters is 1. The smallest absolute Gasteiger partial charge is 0.341 e. The number of rotatable bonds is 8. The third kappa shape index (κ3) is 4.99. The number of ether oxygens (including phenoxy) is 2. The first-order valence-electron chi connectivity index (χ1n) is 10.4. The van der Waals surface area contributed by atoms with Crippen molar-refractivity contribution in [3.8, 4) is 5.75 Å². The van der Waals surface area contributed by atoms with Gasteiger partial charge in [0.15, 0.2) is 6.10 Å². The number of benzene rings is 1. The zero-order valence-corrected chi connectivity index (χ0v) is 18.1. The van der Waals surface area contributed by atoms with Crippen molar-refractivity contribution in [2.75, 3.05) is 11.9 Å². The summed E-state index contributed by atoms with van der Waals surface area (Å²) in [5.74, 6) is 0.681. The summed E-state index contributed by atoms with van der Waals surface area (Å²) in [6.45, 7) is 6.21. The molecule has 0 saturated heterocycles. The van der Waals surface area contributed by atoms with Gasteiger partial charge in [0.1, 0.15) is 10.8 Å². The first kappa shape index (κ1) is 21.4. The van der Waals surface area contributed by atoms with Crippen LogP contribution < -0.4 is 10.1 Å². The van der Waals surface area contributed by atoms with Gasteiger partial charge < -0.3 is 14.8 Å². The van der Waals surface area contributed by atoms with E-state index in [2.05, 4.69) is 12.2 Å². The lowest BCUT2D eigenvalue weighted by atomic mass is 9.85. The number of carbonyl (C=O) groups excluding carboxylic acids is 2. The molecular weight excluding hydrogens is 386 g/mol. The molecule has 0 fully saturated rings. The van der Waals surface area contributed by atoms with Crippen molar-refractivity contribution in [3.63, 3.8) is 0 Å². The van der Waals surface area contributed by atoms with Crippen LogP contribution in [0.2, 0.25) is 0 Å². The van der Waals surface area contributed by atoms with Crippen LogP contribution >= 0.6 is 11.3 Å². The van der Waals surface area contributed by atoms with Gasteiger partial charge in [-0.15, -0.1) is 11.3 Å². The number of fused-ring (bicyclic) bond motifs is 1. The zero-order chi connectivity index (χ0) is 20.8. The van der Waals surface area contributed by atoms with Gasteiger partial charge in [0.05, 0.1) is 12.2 Å². The number of para-hydroxylation sites is 1. The summed E-state index contributed by atoms with van der Waals surface area (Å²) >= 11 is 1.51. The van der Waals surface area contributed by atoms with Crippen LogP contribution in [0, 0.1) is 5.92 Å². The van der Waals surface area contributed by atoms with Crippen molar-refractivity contribution < 1.29 is 19.1 Å². The van der Waals surface area contributed by atoms with Gasteiger partial charge in [0, 0.05) is 4.88 Å². The lowest BCUT2D eigenvalue weighted by molar-refractivity contribution is -0.122. The van der Waals surface area contributed by atoms with Crippen LogP contribution in [0.4, 0.5) is 5.00 Å². The van der Waals surface area contributed by atoms with Crippen molar-refractivity contribution in [3.05, 3.63) is 46.3 Å². The van der Waals surface area contributed by atoms with Gasteiger partial charge in [0.25, 0.3) is 5.91 Å². The molecule has 5 nitrogen and oxygen atoms in total. The summed E-state index contributed by atoms with van der Waals surface area (Å²) in [5, 5.41) is 3.55. The molecule has 0 radical (unpaired) electrons. The van der Waals surface area contributed by atoms with Crippen LogP contribution in [0.15, 0.2) is 30.3 Å². The Labute approximate surface area is 176 Å². The molecule has 0 saturated carbocycles. The highest BCUT2D eigenvalue weighted by molar-refractivity contribution is 7.17. The van der Waals surface area contributed by atoms with Crippen molar-refractivity contribution in [2.45, 2.75) is 59.0 Å². The van der Waals surface area contributed by atoms with Crippen molar-refractivity contribution >= 4 is 28.2 Å². The minimum absolute atomic E-state index is 0.243. The Morgan fingerprint density at radius 2 is 1.97 bits per heavy atom. The van der Waals surface area contributed by atoms with Crippen LogP contribution in [0.25, 0.3) is 0 Å². The highest BCUT2D eigenvalue weighted by Crippen LogP contribution is 2.41. The average Bonchev–Trinajstić information content (AvgIpc) is 3.09. The van der Waals surface area contributed by atoms with Gasteiger partial charge in [-0.3, -0.25) is 4.79 Å². The van der Waals surface area contributed by atoms with Gasteiger partial charge in [0.2, 0.25) is 0 Å². The largest absolute Gasteiger partial charge is 0.481 e. The summed E-state index contributed by atoms with van der Waals surface area (Å²) in [7, 11) is 0. The Kier molecular flexibility index (Phi) is 7.31. The first-order valence-corrected chi connectivity index (χ1v) is 11.2. The maximum atomic E-state index is 12.9. The molecule has 2 unspecified atom stereocenters. The van der Waals surface area contributed by atoms with E-state index < -0.39 is 6.10 Å². The molecule has 0 aliphatic heterocycles. The minimum Gasteiger partial charge on any atom is -0.481 e. The standard InChI is InChI=1S/C23H29NO4S/c1-4-15-12-13-17-19(14-15)29-22(20(17)23(26)27-6-3)24-21(25)18(5-2)28-16-10-8-7-9-11-16/h7-11,15,18H,4-6,12-14H2,1-3H3,(H,24,25). The number of thiophene rings is 1. The fourth-order valence-corrected chi connectivity index (χ4v) is 5.04. The molecule has 1 N–H and O–H groups in total. The number of nitrogens with one attached hydrogen (secondary N) is 1. The first-order chi connectivity index (χ1) is 14.1. The maximum Gasteiger partial charge on any atom is 0.341 e. The summed E-state index contributed by atoms with van der Waals surface area (Å²) in [6, 6.07) is 9.30.